The topological polar surface area (TPSA) is 86.7 Å². The average Bonchev–Trinajstić information content (AvgIpc) is 3.24. The maximum Gasteiger partial charge on any atom is 0.161 e. The van der Waals surface area contributed by atoms with Crippen molar-refractivity contribution in [2.75, 3.05) is 27.3 Å². The molecule has 0 aliphatic carbocycles. The molecule has 0 radical (unpaired) electrons. The number of nitrogens with one attached hydrogen (secondary N) is 2. The minimum atomic E-state index is -0.429. The summed E-state index contributed by atoms with van der Waals surface area (Å²) in [6.07, 6.45) is 1.83. The molecule has 0 bridgehead atoms. The Morgan fingerprint density at radius 3 is 2.44 bits per heavy atom. The molecule has 1 heterocycles. The number of aryl methyl sites for hydroxylation is 1. The van der Waals surface area contributed by atoms with Crippen molar-refractivity contribution in [2.24, 2.45) is 0 Å². The van der Waals surface area contributed by atoms with Gasteiger partial charge in [-0.2, -0.15) is 0 Å². The van der Waals surface area contributed by atoms with E-state index in [0.717, 1.165) is 41.7 Å². The van der Waals surface area contributed by atoms with Crippen LogP contribution in [0.2, 0.25) is 0 Å². The van der Waals surface area contributed by atoms with Crippen LogP contribution in [0.1, 0.15) is 17.5 Å². The van der Waals surface area contributed by atoms with Gasteiger partial charge in [-0.05, 0) is 73.3 Å². The van der Waals surface area contributed by atoms with Crippen LogP contribution in [-0.4, -0.2) is 48.6 Å². The molecule has 6 heteroatoms. The van der Waals surface area contributed by atoms with E-state index in [1.807, 2.05) is 36.4 Å². The van der Waals surface area contributed by atoms with Crippen LogP contribution in [0, 0.1) is 0 Å². The van der Waals surface area contributed by atoms with Crippen molar-refractivity contribution in [2.45, 2.75) is 25.4 Å². The smallest absolute Gasteiger partial charge is 0.161 e. The normalized spacial score (nSPS) is 12.1. The summed E-state index contributed by atoms with van der Waals surface area (Å²) in [5, 5.41) is 24.4. The maximum absolute atomic E-state index is 10.4. The lowest BCUT2D eigenvalue weighted by atomic mass is 10.0. The summed E-state index contributed by atoms with van der Waals surface area (Å²) in [6, 6.07) is 21.4. The quantitative estimate of drug-likeness (QED) is 0.244. The Bertz CT molecular complexity index is 1220. The summed E-state index contributed by atoms with van der Waals surface area (Å²) < 4.78 is 10.9. The highest BCUT2D eigenvalue weighted by Crippen LogP contribution is 2.36. The van der Waals surface area contributed by atoms with Gasteiger partial charge in [0.1, 0.15) is 5.75 Å². The molecular formula is C28H32N2O4. The summed E-state index contributed by atoms with van der Waals surface area (Å²) in [5.74, 6) is 1.65. The Morgan fingerprint density at radius 1 is 0.912 bits per heavy atom. The van der Waals surface area contributed by atoms with Gasteiger partial charge in [0.05, 0.1) is 20.3 Å². The molecule has 0 spiro atoms. The number of ether oxygens (including phenoxy) is 2. The lowest BCUT2D eigenvalue weighted by Crippen LogP contribution is -2.28. The highest BCUT2D eigenvalue weighted by atomic mass is 16.5. The van der Waals surface area contributed by atoms with E-state index in [9.17, 15) is 10.2 Å². The average molecular weight is 461 g/mol. The number of rotatable bonds is 11. The number of aromatic nitrogens is 1. The van der Waals surface area contributed by atoms with Crippen LogP contribution >= 0.6 is 0 Å². The number of aromatic amines is 1. The van der Waals surface area contributed by atoms with Crippen molar-refractivity contribution in [1.82, 2.24) is 10.3 Å². The lowest BCUT2D eigenvalue weighted by molar-refractivity contribution is 0.162. The van der Waals surface area contributed by atoms with Crippen molar-refractivity contribution < 1.29 is 19.7 Å². The number of aliphatic hydroxyl groups is 1. The third kappa shape index (κ3) is 5.53. The number of phenols is 1. The van der Waals surface area contributed by atoms with Crippen LogP contribution in [-0.2, 0) is 12.8 Å². The zero-order valence-corrected chi connectivity index (χ0v) is 19.7. The van der Waals surface area contributed by atoms with E-state index in [-0.39, 0.29) is 5.75 Å². The van der Waals surface area contributed by atoms with Crippen LogP contribution < -0.4 is 14.8 Å². The van der Waals surface area contributed by atoms with E-state index < -0.39 is 6.10 Å². The zero-order chi connectivity index (χ0) is 23.9. The predicted molar refractivity (Wildman–Crippen MR) is 136 cm³/mol. The molecule has 1 atom stereocenters. The Morgan fingerprint density at radius 2 is 1.68 bits per heavy atom. The predicted octanol–water partition coefficient (Wildman–Crippen LogP) is 4.68. The van der Waals surface area contributed by atoms with Crippen molar-refractivity contribution >= 4 is 10.9 Å². The van der Waals surface area contributed by atoms with Crippen molar-refractivity contribution in [3.05, 3.63) is 77.9 Å². The molecule has 178 valence electrons. The third-order valence-corrected chi connectivity index (χ3v) is 6.12. The molecule has 0 fully saturated rings. The fourth-order valence-corrected chi connectivity index (χ4v) is 4.28. The number of aliphatic hydroxyl groups excluding tert-OH is 1. The van der Waals surface area contributed by atoms with E-state index in [1.165, 1.54) is 10.9 Å². The number of fused-ring (bicyclic) bond motifs is 1. The summed E-state index contributed by atoms with van der Waals surface area (Å²) in [4.78, 5) is 3.57. The van der Waals surface area contributed by atoms with Gasteiger partial charge in [-0.1, -0.05) is 30.3 Å². The molecule has 4 rings (SSSR count). The molecule has 0 aliphatic heterocycles. The van der Waals surface area contributed by atoms with Gasteiger partial charge in [0.25, 0.3) is 0 Å². The van der Waals surface area contributed by atoms with Gasteiger partial charge in [0.15, 0.2) is 11.5 Å². The number of para-hydroxylation sites is 1. The fourth-order valence-electron chi connectivity index (χ4n) is 4.28. The SMILES string of the molecule is COc1ccc(-c2[nH]c3ccccc3c2CCNC[C@@H](O)CCc2ccc(O)cc2)cc1OC. The zero-order valence-electron chi connectivity index (χ0n) is 19.7. The van der Waals surface area contributed by atoms with Gasteiger partial charge in [-0.3, -0.25) is 0 Å². The number of benzene rings is 3. The monoisotopic (exact) mass is 460 g/mol. The summed E-state index contributed by atoms with van der Waals surface area (Å²) in [5.41, 5.74) is 5.54. The van der Waals surface area contributed by atoms with Crippen molar-refractivity contribution in [1.29, 1.82) is 0 Å². The highest BCUT2D eigenvalue weighted by Gasteiger charge is 2.15. The number of hydrogen-bond donors (Lipinski definition) is 4. The molecular weight excluding hydrogens is 428 g/mol. The summed E-state index contributed by atoms with van der Waals surface area (Å²) in [6.45, 7) is 1.28. The number of methoxy groups -OCH3 is 2. The molecule has 4 N–H and O–H groups in total. The Labute approximate surface area is 200 Å². The van der Waals surface area contributed by atoms with Gasteiger partial charge < -0.3 is 30.0 Å². The molecule has 0 aliphatic rings. The van der Waals surface area contributed by atoms with Crippen LogP contribution in [0.3, 0.4) is 0 Å². The first-order valence-electron chi connectivity index (χ1n) is 11.6. The van der Waals surface area contributed by atoms with Crippen molar-refractivity contribution in [3.63, 3.8) is 0 Å². The second kappa shape index (κ2) is 11.1. The van der Waals surface area contributed by atoms with Gasteiger partial charge in [-0.25, -0.2) is 0 Å². The molecule has 0 unspecified atom stereocenters. The fraction of sp³-hybridized carbons (Fsp3) is 0.286. The maximum atomic E-state index is 10.4. The molecule has 4 aromatic rings. The minimum absolute atomic E-state index is 0.260. The first-order chi connectivity index (χ1) is 16.6. The number of H-pyrrole nitrogens is 1. The number of aromatic hydroxyl groups is 1. The Hall–Kier alpha value is -3.48. The van der Waals surface area contributed by atoms with E-state index in [2.05, 4.69) is 28.5 Å². The van der Waals surface area contributed by atoms with Crippen LogP contribution in [0.15, 0.2) is 66.7 Å². The number of hydrogen-bond acceptors (Lipinski definition) is 5. The van der Waals surface area contributed by atoms with E-state index >= 15 is 0 Å². The van der Waals surface area contributed by atoms with Gasteiger partial charge in [0.2, 0.25) is 0 Å². The van der Waals surface area contributed by atoms with Crippen LogP contribution in [0.5, 0.6) is 17.2 Å². The van der Waals surface area contributed by atoms with Crippen molar-refractivity contribution in [3.8, 4) is 28.5 Å². The van der Waals surface area contributed by atoms with Gasteiger partial charge >= 0.3 is 0 Å². The van der Waals surface area contributed by atoms with Crippen LogP contribution in [0.4, 0.5) is 0 Å². The summed E-state index contributed by atoms with van der Waals surface area (Å²) >= 11 is 0. The van der Waals surface area contributed by atoms with Crippen LogP contribution in [0.25, 0.3) is 22.2 Å². The standard InChI is InChI=1S/C28H32N2O4/c1-33-26-14-10-20(17-27(26)34-2)28-24(23-5-3-4-6-25(23)30-28)15-16-29-18-22(32)13-9-19-7-11-21(31)12-8-19/h3-8,10-12,14,17,22,29-32H,9,13,15-16,18H2,1-2H3/t22-/m0/s1. The summed E-state index contributed by atoms with van der Waals surface area (Å²) in [7, 11) is 3.28. The van der Waals surface area contributed by atoms with E-state index in [4.69, 9.17) is 9.47 Å². The molecule has 1 aromatic heterocycles. The van der Waals surface area contributed by atoms with Gasteiger partial charge in [-0.15, -0.1) is 0 Å². The van der Waals surface area contributed by atoms with E-state index in [0.29, 0.717) is 24.5 Å². The molecule has 3 aromatic carbocycles. The molecule has 0 amide bonds. The number of phenolic OH excluding ortho intramolecular Hbond substituents is 1. The molecule has 34 heavy (non-hydrogen) atoms. The Balaban J connectivity index is 1.41. The third-order valence-electron chi connectivity index (χ3n) is 6.12. The minimum Gasteiger partial charge on any atom is -0.508 e. The largest absolute Gasteiger partial charge is 0.508 e. The molecule has 6 nitrogen and oxygen atoms in total. The first-order valence-corrected chi connectivity index (χ1v) is 11.6. The van der Waals surface area contributed by atoms with E-state index in [1.54, 1.807) is 26.4 Å². The first kappa shape index (κ1) is 23.7. The second-order valence-corrected chi connectivity index (χ2v) is 8.41. The highest BCUT2D eigenvalue weighted by molar-refractivity contribution is 5.91. The lowest BCUT2D eigenvalue weighted by Gasteiger charge is -2.13. The van der Waals surface area contributed by atoms with Gasteiger partial charge in [0, 0.05) is 28.7 Å². The second-order valence-electron chi connectivity index (χ2n) is 8.41. The molecule has 0 saturated heterocycles. The molecule has 0 saturated carbocycles. The Kier molecular flexibility index (Phi) is 7.72.